The number of aliphatic imine (C=N–C) groups is 1. The Morgan fingerprint density at radius 2 is 2.00 bits per heavy atom. The molecule has 5 rings (SSSR count). The molecule has 1 N–H and O–H groups in total. The van der Waals surface area contributed by atoms with Crippen LogP contribution in [0, 0.1) is 11.7 Å². The highest BCUT2D eigenvalue weighted by atomic mass is 35.5. The van der Waals surface area contributed by atoms with Crippen molar-refractivity contribution in [3.8, 4) is 0 Å². The van der Waals surface area contributed by atoms with Gasteiger partial charge in [0.05, 0.1) is 33.0 Å². The zero-order chi connectivity index (χ0) is 26.8. The summed E-state index contributed by atoms with van der Waals surface area (Å²) in [5, 5.41) is 5.99. The minimum absolute atomic E-state index is 0.0559. The predicted octanol–water partition coefficient (Wildman–Crippen LogP) is 3.50. The number of thiazole rings is 1. The maximum Gasteiger partial charge on any atom is 0.338 e. The molecule has 1 aromatic heterocycles. The van der Waals surface area contributed by atoms with Crippen molar-refractivity contribution in [2.75, 3.05) is 34.0 Å². The van der Waals surface area contributed by atoms with E-state index in [1.54, 1.807) is 6.20 Å². The van der Waals surface area contributed by atoms with Crippen LogP contribution in [0.5, 0.6) is 0 Å². The number of hydrogen-bond donors (Lipinski definition) is 1. The fraction of sp³-hybridized carbons (Fsp3) is 0.462. The summed E-state index contributed by atoms with van der Waals surface area (Å²) in [4.78, 5) is 36.7. The highest BCUT2D eigenvalue weighted by Crippen LogP contribution is 2.39. The number of carbonyl (C=O) groups is 2. The van der Waals surface area contributed by atoms with Crippen molar-refractivity contribution in [2.45, 2.75) is 37.4 Å². The summed E-state index contributed by atoms with van der Waals surface area (Å²) in [5.74, 6) is -0.556. The number of amidine groups is 1. The molecule has 0 spiro atoms. The Hall–Kier alpha value is -2.86. The summed E-state index contributed by atoms with van der Waals surface area (Å²) < 4.78 is 29.8. The van der Waals surface area contributed by atoms with Crippen molar-refractivity contribution in [1.82, 2.24) is 15.2 Å². The lowest BCUT2D eigenvalue weighted by atomic mass is 9.82. The molecular weight excluding hydrogens is 535 g/mol. The third-order valence-electron chi connectivity index (χ3n) is 7.22. The van der Waals surface area contributed by atoms with Gasteiger partial charge in [0.1, 0.15) is 11.9 Å². The zero-order valence-electron chi connectivity index (χ0n) is 21.0. The van der Waals surface area contributed by atoms with E-state index < -0.39 is 17.8 Å². The quantitative estimate of drug-likeness (QED) is 0.512. The Morgan fingerprint density at radius 3 is 2.63 bits per heavy atom. The number of benzene rings is 1. The number of nitrogens with one attached hydrogen (secondary N) is 1. The third-order valence-corrected chi connectivity index (χ3v) is 8.32. The van der Waals surface area contributed by atoms with Gasteiger partial charge < -0.3 is 19.5 Å². The molecule has 0 saturated carbocycles. The number of hydrogen-bond acceptors (Lipinski definition) is 10. The molecule has 3 aliphatic heterocycles. The Labute approximate surface area is 228 Å². The van der Waals surface area contributed by atoms with E-state index in [1.807, 2.05) is 5.38 Å². The van der Waals surface area contributed by atoms with Crippen molar-refractivity contribution >= 4 is 40.7 Å². The van der Waals surface area contributed by atoms with Crippen LogP contribution in [0.3, 0.4) is 0 Å². The van der Waals surface area contributed by atoms with Crippen molar-refractivity contribution in [3.05, 3.63) is 62.5 Å². The molecule has 0 aliphatic carbocycles. The predicted molar refractivity (Wildman–Crippen MR) is 139 cm³/mol. The molecule has 202 valence electrons. The van der Waals surface area contributed by atoms with Gasteiger partial charge in [-0.1, -0.05) is 17.7 Å². The first-order valence-corrected chi connectivity index (χ1v) is 13.5. The number of piperidine rings is 1. The van der Waals surface area contributed by atoms with Gasteiger partial charge in [-0.25, -0.2) is 14.2 Å². The van der Waals surface area contributed by atoms with Gasteiger partial charge in [0.15, 0.2) is 10.8 Å². The topological polar surface area (TPSA) is 102 Å². The summed E-state index contributed by atoms with van der Waals surface area (Å²) in [6, 6.07) is 3.33. The smallest absolute Gasteiger partial charge is 0.338 e. The van der Waals surface area contributed by atoms with E-state index >= 15 is 0 Å². The molecule has 0 amide bonds. The SMILES string of the molecule is COC(=O)CC1CC2COC[C@@H](C1)N2CC1=C(C(=O)OC)C(c2ccc(F)cc2Cl)N=C(c2nccs2)N1. The van der Waals surface area contributed by atoms with Crippen LogP contribution in [-0.4, -0.2) is 73.7 Å². The van der Waals surface area contributed by atoms with Crippen LogP contribution >= 0.6 is 22.9 Å². The molecule has 0 radical (unpaired) electrons. The molecule has 3 unspecified atom stereocenters. The van der Waals surface area contributed by atoms with E-state index in [2.05, 4.69) is 15.2 Å². The molecular formula is C26H28ClFN4O5S. The average Bonchev–Trinajstić information content (AvgIpc) is 3.43. The van der Waals surface area contributed by atoms with E-state index in [-0.39, 0.29) is 29.0 Å². The molecule has 2 saturated heterocycles. The number of rotatable bonds is 7. The molecule has 2 fully saturated rings. The van der Waals surface area contributed by atoms with Crippen molar-refractivity contribution in [2.24, 2.45) is 10.9 Å². The standard InChI is InChI=1S/C26H28ClFN4O5S/c1-35-21(33)9-14-7-16-12-37-13-17(8-14)32(16)11-20-22(26(34)36-2)23(18-4-3-15(28)10-19(18)27)31-24(30-20)25-29-5-6-38-25/h3-6,10,14,16-17,23H,7-9,11-13H2,1-2H3,(H,30,31)/t14?,16-,17?,23?/m1/s1. The summed E-state index contributed by atoms with van der Waals surface area (Å²) in [6.45, 7) is 1.44. The second kappa shape index (κ2) is 11.5. The van der Waals surface area contributed by atoms with Gasteiger partial charge in [-0.2, -0.15) is 0 Å². The monoisotopic (exact) mass is 562 g/mol. The second-order valence-electron chi connectivity index (χ2n) is 9.53. The van der Waals surface area contributed by atoms with Crippen LogP contribution < -0.4 is 5.32 Å². The highest BCUT2D eigenvalue weighted by molar-refractivity contribution is 7.11. The largest absolute Gasteiger partial charge is 0.469 e. The van der Waals surface area contributed by atoms with E-state index in [1.165, 1.54) is 43.8 Å². The van der Waals surface area contributed by atoms with Crippen LogP contribution in [0.1, 0.15) is 35.9 Å². The summed E-state index contributed by atoms with van der Waals surface area (Å²) in [6.07, 6.45) is 3.59. The van der Waals surface area contributed by atoms with Crippen LogP contribution in [-0.2, 0) is 23.8 Å². The minimum Gasteiger partial charge on any atom is -0.469 e. The van der Waals surface area contributed by atoms with E-state index in [0.29, 0.717) is 53.9 Å². The zero-order valence-corrected chi connectivity index (χ0v) is 22.6. The minimum atomic E-state index is -0.821. The third kappa shape index (κ3) is 5.47. The second-order valence-corrected chi connectivity index (χ2v) is 10.8. The lowest BCUT2D eigenvalue weighted by molar-refractivity contribution is -0.144. The van der Waals surface area contributed by atoms with Crippen molar-refractivity contribution < 1.29 is 28.2 Å². The maximum atomic E-state index is 13.9. The molecule has 2 aromatic rings. The number of morpholine rings is 1. The van der Waals surface area contributed by atoms with E-state index in [0.717, 1.165) is 12.8 Å². The van der Waals surface area contributed by atoms with Crippen LogP contribution in [0.2, 0.25) is 5.02 Å². The number of nitrogens with zero attached hydrogens (tertiary/aromatic N) is 3. The number of halogens is 2. The first-order valence-electron chi connectivity index (χ1n) is 12.3. The Morgan fingerprint density at radius 1 is 1.24 bits per heavy atom. The Bertz CT molecular complexity index is 1260. The fourth-order valence-corrected chi connectivity index (χ4v) is 6.36. The molecule has 9 nitrogen and oxygen atoms in total. The fourth-order valence-electron chi connectivity index (χ4n) is 5.50. The molecule has 38 heavy (non-hydrogen) atoms. The molecule has 1 aromatic carbocycles. The van der Waals surface area contributed by atoms with Gasteiger partial charge in [0.2, 0.25) is 0 Å². The van der Waals surface area contributed by atoms with Gasteiger partial charge in [0.25, 0.3) is 0 Å². The lowest BCUT2D eigenvalue weighted by Gasteiger charge is -2.49. The molecule has 12 heteroatoms. The number of ether oxygens (including phenoxy) is 3. The maximum absolute atomic E-state index is 13.9. The summed E-state index contributed by atoms with van der Waals surface area (Å²) in [7, 11) is 2.72. The van der Waals surface area contributed by atoms with Gasteiger partial charge in [0, 0.05) is 52.9 Å². The number of esters is 2. The van der Waals surface area contributed by atoms with Gasteiger partial charge in [-0.15, -0.1) is 11.3 Å². The van der Waals surface area contributed by atoms with Crippen molar-refractivity contribution in [1.29, 1.82) is 0 Å². The van der Waals surface area contributed by atoms with E-state index in [9.17, 15) is 14.0 Å². The molecule has 4 atom stereocenters. The molecule has 4 heterocycles. The lowest BCUT2D eigenvalue weighted by Crippen LogP contribution is -2.58. The van der Waals surface area contributed by atoms with Crippen molar-refractivity contribution in [3.63, 3.8) is 0 Å². The summed E-state index contributed by atoms with van der Waals surface area (Å²) in [5.41, 5.74) is 1.41. The van der Waals surface area contributed by atoms with Gasteiger partial charge in [-0.3, -0.25) is 14.7 Å². The highest BCUT2D eigenvalue weighted by Gasteiger charge is 2.42. The summed E-state index contributed by atoms with van der Waals surface area (Å²) >= 11 is 7.86. The molecule has 3 aliphatic rings. The first-order chi connectivity index (χ1) is 18.4. The van der Waals surface area contributed by atoms with Crippen LogP contribution in [0.25, 0.3) is 0 Å². The Kier molecular flexibility index (Phi) is 8.08. The number of methoxy groups -OCH3 is 2. The van der Waals surface area contributed by atoms with Crippen LogP contribution in [0.4, 0.5) is 4.39 Å². The molecule has 2 bridgehead atoms. The van der Waals surface area contributed by atoms with E-state index in [4.69, 9.17) is 30.8 Å². The average molecular weight is 563 g/mol. The first kappa shape index (κ1) is 26.7. The van der Waals surface area contributed by atoms with Gasteiger partial charge >= 0.3 is 11.9 Å². The normalized spacial score (nSPS) is 25.4. The number of fused-ring (bicyclic) bond motifs is 2. The number of carbonyl (C=O) groups excluding carboxylic acids is 2. The van der Waals surface area contributed by atoms with Crippen LogP contribution in [0.15, 0.2) is 46.0 Å². The van der Waals surface area contributed by atoms with Gasteiger partial charge in [-0.05, 0) is 30.9 Å². The Balaban J connectivity index is 1.52. The number of aromatic nitrogens is 1.